The number of hydrogen-bond acceptors (Lipinski definition) is 4. The highest BCUT2D eigenvalue weighted by atomic mass is 16.5. The summed E-state index contributed by atoms with van der Waals surface area (Å²) in [5.74, 6) is 0.873. The third kappa shape index (κ3) is 5.84. The minimum absolute atomic E-state index is 0.140. The lowest BCUT2D eigenvalue weighted by Gasteiger charge is -2.23. The molecule has 0 saturated heterocycles. The maximum atomic E-state index is 11.9. The van der Waals surface area contributed by atoms with Crippen LogP contribution in [-0.4, -0.2) is 55.5 Å². The van der Waals surface area contributed by atoms with Gasteiger partial charge in [0.05, 0.1) is 18.2 Å². The van der Waals surface area contributed by atoms with Crippen LogP contribution in [0, 0.1) is 11.3 Å². The molecule has 1 rings (SSSR count). The standard InChI is InChI=1S/C16H23N3O2/c1-4-19(5-2)16(20)13-18(3)10-11-21-15-8-6-14(12-17)7-9-15/h6-9H,4-5,10-11,13H2,1-3H3. The van der Waals surface area contributed by atoms with E-state index >= 15 is 0 Å². The normalized spacial score (nSPS) is 10.2. The topological polar surface area (TPSA) is 56.6 Å². The first-order chi connectivity index (χ1) is 10.1. The van der Waals surface area contributed by atoms with E-state index in [1.165, 1.54) is 0 Å². The molecule has 1 aromatic carbocycles. The molecule has 21 heavy (non-hydrogen) atoms. The molecular formula is C16H23N3O2. The van der Waals surface area contributed by atoms with E-state index in [1.54, 1.807) is 24.3 Å². The van der Waals surface area contributed by atoms with E-state index < -0.39 is 0 Å². The zero-order valence-corrected chi connectivity index (χ0v) is 13.0. The average Bonchev–Trinajstić information content (AvgIpc) is 2.49. The number of rotatable bonds is 8. The minimum Gasteiger partial charge on any atom is -0.492 e. The number of amides is 1. The molecule has 5 nitrogen and oxygen atoms in total. The van der Waals surface area contributed by atoms with Crippen molar-refractivity contribution in [3.8, 4) is 11.8 Å². The van der Waals surface area contributed by atoms with Crippen LogP contribution in [-0.2, 0) is 4.79 Å². The van der Waals surface area contributed by atoms with Crippen molar-refractivity contribution in [1.29, 1.82) is 5.26 Å². The van der Waals surface area contributed by atoms with Crippen molar-refractivity contribution < 1.29 is 9.53 Å². The first-order valence-electron chi connectivity index (χ1n) is 7.20. The summed E-state index contributed by atoms with van der Waals surface area (Å²) in [4.78, 5) is 15.7. The molecule has 5 heteroatoms. The SMILES string of the molecule is CCN(CC)C(=O)CN(C)CCOc1ccc(C#N)cc1. The largest absolute Gasteiger partial charge is 0.492 e. The van der Waals surface area contributed by atoms with Gasteiger partial charge in [0.1, 0.15) is 12.4 Å². The Labute approximate surface area is 126 Å². The lowest BCUT2D eigenvalue weighted by Crippen LogP contribution is -2.39. The van der Waals surface area contributed by atoms with Crippen molar-refractivity contribution in [3.63, 3.8) is 0 Å². The number of likely N-dealkylation sites (N-methyl/N-ethyl adjacent to an activating group) is 2. The van der Waals surface area contributed by atoms with Gasteiger partial charge in [0.2, 0.25) is 5.91 Å². The summed E-state index contributed by atoms with van der Waals surface area (Å²) >= 11 is 0. The van der Waals surface area contributed by atoms with Crippen LogP contribution >= 0.6 is 0 Å². The van der Waals surface area contributed by atoms with Gasteiger partial charge in [0.25, 0.3) is 0 Å². The van der Waals surface area contributed by atoms with Crippen molar-refractivity contribution in [2.45, 2.75) is 13.8 Å². The maximum Gasteiger partial charge on any atom is 0.236 e. The Bertz CT molecular complexity index is 475. The van der Waals surface area contributed by atoms with Crippen LogP contribution in [0.4, 0.5) is 0 Å². The molecule has 0 aliphatic heterocycles. The Morgan fingerprint density at radius 2 is 1.86 bits per heavy atom. The fraction of sp³-hybridized carbons (Fsp3) is 0.500. The van der Waals surface area contributed by atoms with Crippen LogP contribution in [0.1, 0.15) is 19.4 Å². The summed E-state index contributed by atoms with van der Waals surface area (Å²) in [6, 6.07) is 9.07. The van der Waals surface area contributed by atoms with Crippen molar-refractivity contribution in [2.75, 3.05) is 39.8 Å². The number of carbonyl (C=O) groups excluding carboxylic acids is 1. The van der Waals surface area contributed by atoms with Crippen LogP contribution in [0.5, 0.6) is 5.75 Å². The zero-order chi connectivity index (χ0) is 15.7. The summed E-state index contributed by atoms with van der Waals surface area (Å²) in [6.07, 6.45) is 0. The van der Waals surface area contributed by atoms with E-state index in [1.807, 2.05) is 30.7 Å². The Balaban J connectivity index is 2.31. The highest BCUT2D eigenvalue weighted by Crippen LogP contribution is 2.11. The van der Waals surface area contributed by atoms with Gasteiger partial charge in [-0.05, 0) is 45.2 Å². The Morgan fingerprint density at radius 3 is 2.38 bits per heavy atom. The molecule has 0 N–H and O–H groups in total. The smallest absolute Gasteiger partial charge is 0.236 e. The summed E-state index contributed by atoms with van der Waals surface area (Å²) in [5, 5.41) is 8.71. The molecular weight excluding hydrogens is 266 g/mol. The fourth-order valence-electron chi connectivity index (χ4n) is 1.93. The predicted octanol–water partition coefficient (Wildman–Crippen LogP) is 1.74. The highest BCUT2D eigenvalue weighted by Gasteiger charge is 2.12. The summed E-state index contributed by atoms with van der Waals surface area (Å²) in [5.41, 5.74) is 0.615. The molecule has 0 radical (unpaired) electrons. The Morgan fingerprint density at radius 1 is 1.24 bits per heavy atom. The van der Waals surface area contributed by atoms with E-state index in [0.29, 0.717) is 25.3 Å². The molecule has 0 atom stereocenters. The summed E-state index contributed by atoms with van der Waals surface area (Å²) in [7, 11) is 1.91. The Kier molecular flexibility index (Phi) is 7.27. The van der Waals surface area contributed by atoms with Crippen LogP contribution in [0.25, 0.3) is 0 Å². The van der Waals surface area contributed by atoms with Gasteiger partial charge in [0, 0.05) is 19.6 Å². The third-order valence-corrected chi connectivity index (χ3v) is 3.25. The van der Waals surface area contributed by atoms with E-state index in [2.05, 4.69) is 6.07 Å². The second kappa shape index (κ2) is 8.98. The molecule has 1 aromatic rings. The molecule has 0 heterocycles. The fourth-order valence-corrected chi connectivity index (χ4v) is 1.93. The second-order valence-corrected chi connectivity index (χ2v) is 4.79. The van der Waals surface area contributed by atoms with Crippen LogP contribution in [0.3, 0.4) is 0 Å². The zero-order valence-electron chi connectivity index (χ0n) is 13.0. The lowest BCUT2D eigenvalue weighted by molar-refractivity contribution is -0.131. The van der Waals surface area contributed by atoms with Gasteiger partial charge < -0.3 is 9.64 Å². The number of carbonyl (C=O) groups is 1. The van der Waals surface area contributed by atoms with Crippen LogP contribution in [0.2, 0.25) is 0 Å². The average molecular weight is 289 g/mol. The van der Waals surface area contributed by atoms with Gasteiger partial charge in [-0.2, -0.15) is 5.26 Å². The number of ether oxygens (including phenoxy) is 1. The van der Waals surface area contributed by atoms with Gasteiger partial charge >= 0.3 is 0 Å². The van der Waals surface area contributed by atoms with Gasteiger partial charge in [-0.25, -0.2) is 0 Å². The molecule has 0 aromatic heterocycles. The first kappa shape index (κ1) is 17.0. The highest BCUT2D eigenvalue weighted by molar-refractivity contribution is 5.78. The second-order valence-electron chi connectivity index (χ2n) is 4.79. The number of hydrogen-bond donors (Lipinski definition) is 0. The summed E-state index contributed by atoms with van der Waals surface area (Å²) < 4.78 is 5.59. The molecule has 1 amide bonds. The molecule has 0 spiro atoms. The lowest BCUT2D eigenvalue weighted by atomic mass is 10.2. The van der Waals surface area contributed by atoms with Gasteiger partial charge in [-0.1, -0.05) is 0 Å². The molecule has 0 bridgehead atoms. The van der Waals surface area contributed by atoms with Gasteiger partial charge in [-0.15, -0.1) is 0 Å². The molecule has 0 aliphatic rings. The van der Waals surface area contributed by atoms with E-state index in [-0.39, 0.29) is 5.91 Å². The predicted molar refractivity (Wildman–Crippen MR) is 82.1 cm³/mol. The van der Waals surface area contributed by atoms with Crippen molar-refractivity contribution in [2.24, 2.45) is 0 Å². The number of nitrogens with zero attached hydrogens (tertiary/aromatic N) is 3. The van der Waals surface area contributed by atoms with Crippen LogP contribution in [0.15, 0.2) is 24.3 Å². The van der Waals surface area contributed by atoms with E-state index in [4.69, 9.17) is 10.00 Å². The van der Waals surface area contributed by atoms with Crippen molar-refractivity contribution in [1.82, 2.24) is 9.80 Å². The first-order valence-corrected chi connectivity index (χ1v) is 7.20. The number of nitriles is 1. The van der Waals surface area contributed by atoms with E-state index in [9.17, 15) is 4.79 Å². The molecule has 0 fully saturated rings. The number of benzene rings is 1. The molecule has 0 aliphatic carbocycles. The van der Waals surface area contributed by atoms with Gasteiger partial charge in [-0.3, -0.25) is 9.69 Å². The molecule has 114 valence electrons. The van der Waals surface area contributed by atoms with Gasteiger partial charge in [0.15, 0.2) is 0 Å². The van der Waals surface area contributed by atoms with E-state index in [0.717, 1.165) is 18.8 Å². The Hall–Kier alpha value is -2.06. The quantitative estimate of drug-likeness (QED) is 0.731. The molecule has 0 saturated carbocycles. The maximum absolute atomic E-state index is 11.9. The summed E-state index contributed by atoms with van der Waals surface area (Å²) in [6.45, 7) is 7.03. The monoisotopic (exact) mass is 289 g/mol. The van der Waals surface area contributed by atoms with Crippen molar-refractivity contribution >= 4 is 5.91 Å². The minimum atomic E-state index is 0.140. The molecule has 0 unspecified atom stereocenters. The van der Waals surface area contributed by atoms with Crippen LogP contribution < -0.4 is 4.74 Å². The van der Waals surface area contributed by atoms with Crippen molar-refractivity contribution in [3.05, 3.63) is 29.8 Å². The third-order valence-electron chi connectivity index (χ3n) is 3.25.